The summed E-state index contributed by atoms with van der Waals surface area (Å²) in [6, 6.07) is 0. The molecule has 0 aliphatic heterocycles. The van der Waals surface area contributed by atoms with E-state index in [2.05, 4.69) is 10.9 Å². The molecule has 0 radical (unpaired) electrons. The molecular formula is C18H38AlLiO5. The Balaban J connectivity index is -0.000000867. The van der Waals surface area contributed by atoms with E-state index in [1.807, 2.05) is 0 Å². The van der Waals surface area contributed by atoms with E-state index < -0.39 is 21.5 Å². The fraction of sp³-hybridized carbons (Fsp3) is 0.944. The summed E-state index contributed by atoms with van der Waals surface area (Å²) in [5.74, 6) is -0.653. The number of hydrogen-bond donors (Lipinski definition) is 2. The van der Waals surface area contributed by atoms with Crippen molar-refractivity contribution in [1.82, 2.24) is 0 Å². The molecular weight excluding hydrogens is 330 g/mol. The number of hydrogen-bond acceptors (Lipinski definition) is 4. The molecule has 0 saturated carbocycles. The van der Waals surface area contributed by atoms with Crippen molar-refractivity contribution in [3.05, 3.63) is 0 Å². The van der Waals surface area contributed by atoms with E-state index >= 15 is 0 Å². The van der Waals surface area contributed by atoms with Crippen molar-refractivity contribution in [2.45, 2.75) is 110 Å². The summed E-state index contributed by atoms with van der Waals surface area (Å²) in [5.41, 5.74) is 0. The van der Waals surface area contributed by atoms with Crippen molar-refractivity contribution in [1.29, 1.82) is 0 Å². The van der Waals surface area contributed by atoms with Gasteiger partial charge < -0.3 is 5.11 Å². The maximum absolute atomic E-state index is 10.3. The molecule has 7 heteroatoms. The van der Waals surface area contributed by atoms with Crippen molar-refractivity contribution in [3.63, 3.8) is 0 Å². The Morgan fingerprint density at radius 1 is 0.760 bits per heavy atom. The molecule has 0 atom stereocenters. The van der Waals surface area contributed by atoms with Crippen molar-refractivity contribution in [2.75, 3.05) is 0 Å². The third-order valence-corrected chi connectivity index (χ3v) is 4.12. The van der Waals surface area contributed by atoms with Gasteiger partial charge in [-0.25, -0.2) is 0 Å². The second kappa shape index (κ2) is 28.9. The van der Waals surface area contributed by atoms with Crippen LogP contribution in [-0.2, 0) is 12.5 Å². The normalized spacial score (nSPS) is 9.36. The van der Waals surface area contributed by atoms with Crippen LogP contribution in [0.4, 0.5) is 0 Å². The molecule has 0 aromatic heterocycles. The van der Waals surface area contributed by atoms with Gasteiger partial charge in [0.15, 0.2) is 0 Å². The van der Waals surface area contributed by atoms with Gasteiger partial charge in [-0.05, 0) is 6.42 Å². The topological polar surface area (TPSA) is 83.8 Å². The van der Waals surface area contributed by atoms with Gasteiger partial charge in [0.25, 0.3) is 0 Å². The Morgan fingerprint density at radius 3 is 1.28 bits per heavy atom. The number of carboxylic acid groups (broad SMARTS) is 1. The average Bonchev–Trinajstić information content (AvgIpc) is 2.58. The molecule has 0 aromatic carbocycles. The van der Waals surface area contributed by atoms with Gasteiger partial charge in [0, 0.05) is 6.42 Å². The number of carbonyl (C=O) groups is 1. The molecule has 0 spiro atoms. The number of unbranched alkanes of at least 4 members (excludes halogenated alkanes) is 14. The van der Waals surface area contributed by atoms with Gasteiger partial charge in [-0.1, -0.05) is 96.8 Å². The average molecular weight is 368 g/mol. The Morgan fingerprint density at radius 2 is 1.04 bits per heavy atom. The fourth-order valence-corrected chi connectivity index (χ4v) is 2.65. The van der Waals surface area contributed by atoms with E-state index in [-0.39, 0.29) is 18.9 Å². The van der Waals surface area contributed by atoms with Gasteiger partial charge in [-0.2, -0.15) is 0 Å². The van der Waals surface area contributed by atoms with E-state index in [4.69, 9.17) is 14.2 Å². The first kappa shape index (κ1) is 29.9. The van der Waals surface area contributed by atoms with Crippen LogP contribution in [0.1, 0.15) is 110 Å². The molecule has 0 bridgehead atoms. The Hall–Kier alpha value is 0.160. The molecule has 0 saturated heterocycles. The van der Waals surface area contributed by atoms with Gasteiger partial charge in [-0.3, -0.25) is 4.79 Å². The van der Waals surface area contributed by atoms with Crippen molar-refractivity contribution < 1.29 is 22.9 Å². The van der Waals surface area contributed by atoms with Crippen LogP contribution in [0, 0.1) is 0 Å². The Kier molecular flexibility index (Phi) is 34.6. The first-order valence-corrected chi connectivity index (χ1v) is 10.6. The standard InChI is InChI=1S/C18H36O2.Al.Li.H2O2.O.H/c1-2-3-4-5-6-7-8-9-10-11-12-13-14-15-16-17-18(19)20;;;1-2;;/h2-17H2,1H3,(H,19,20);;;1-2H;;/q;+1;;;;/p-1. The van der Waals surface area contributed by atoms with E-state index in [9.17, 15) is 4.79 Å². The molecule has 0 unspecified atom stereocenters. The maximum atomic E-state index is 10.3. The zero-order chi connectivity index (χ0) is 18.3. The fourth-order valence-electron chi connectivity index (χ4n) is 2.65. The summed E-state index contributed by atoms with van der Waals surface area (Å²) in [4.78, 5) is 10.3. The SMILES string of the molecule is CCCCCCCCCCCCCCCCCC(=O)O.[LiH].[O]=[Al][O]O. The quantitative estimate of drug-likeness (QED) is 0.161. The molecule has 25 heavy (non-hydrogen) atoms. The molecule has 0 aromatic rings. The zero-order valence-corrected chi connectivity index (χ0v) is 16.7. The molecule has 5 nitrogen and oxygen atoms in total. The van der Waals surface area contributed by atoms with Gasteiger partial charge in [0.2, 0.25) is 0 Å². The van der Waals surface area contributed by atoms with E-state index in [1.165, 1.54) is 83.5 Å². The van der Waals surface area contributed by atoms with Crippen molar-refractivity contribution in [3.8, 4) is 0 Å². The van der Waals surface area contributed by atoms with Crippen LogP contribution in [0.25, 0.3) is 0 Å². The van der Waals surface area contributed by atoms with Gasteiger partial charge in [0.1, 0.15) is 0 Å². The molecule has 2 N–H and O–H groups in total. The van der Waals surface area contributed by atoms with Crippen LogP contribution < -0.4 is 0 Å². The molecule has 0 aliphatic rings. The first-order valence-electron chi connectivity index (χ1n) is 9.64. The van der Waals surface area contributed by atoms with E-state index in [1.54, 1.807) is 0 Å². The van der Waals surface area contributed by atoms with Crippen LogP contribution in [0.15, 0.2) is 0 Å². The Labute approximate surface area is 172 Å². The minimum atomic E-state index is -1.41. The first-order chi connectivity index (χ1) is 11.7. The van der Waals surface area contributed by atoms with Crippen molar-refractivity contribution >= 4 is 40.3 Å². The Bertz CT molecular complexity index is 268. The molecule has 144 valence electrons. The zero-order valence-electron chi connectivity index (χ0n) is 15.5. The second-order valence-electron chi connectivity index (χ2n) is 6.30. The minimum absolute atomic E-state index is 0. The predicted octanol–water partition coefficient (Wildman–Crippen LogP) is 5.12. The third kappa shape index (κ3) is 36.0. The predicted molar refractivity (Wildman–Crippen MR) is 104 cm³/mol. The van der Waals surface area contributed by atoms with Gasteiger partial charge >= 0.3 is 53.3 Å². The van der Waals surface area contributed by atoms with Crippen LogP contribution >= 0.6 is 0 Å². The summed E-state index contributed by atoms with van der Waals surface area (Å²) >= 11 is -1.41. The third-order valence-electron chi connectivity index (χ3n) is 4.04. The molecule has 0 amide bonds. The molecule has 0 rings (SSSR count). The van der Waals surface area contributed by atoms with E-state index in [0.717, 1.165) is 12.8 Å². The van der Waals surface area contributed by atoms with Crippen molar-refractivity contribution in [2.24, 2.45) is 0 Å². The molecule has 0 fully saturated rings. The summed E-state index contributed by atoms with van der Waals surface area (Å²) in [5, 5.41) is 15.6. The summed E-state index contributed by atoms with van der Waals surface area (Å²) in [7, 11) is 0. The molecule has 0 heterocycles. The second-order valence-corrected chi connectivity index (χ2v) is 6.70. The number of rotatable bonds is 17. The molecule has 0 aliphatic carbocycles. The van der Waals surface area contributed by atoms with E-state index in [0.29, 0.717) is 6.42 Å². The van der Waals surface area contributed by atoms with Gasteiger partial charge in [0.05, 0.1) is 0 Å². The van der Waals surface area contributed by atoms with Gasteiger partial charge in [-0.15, -0.1) is 0 Å². The number of aliphatic carboxylic acids is 1. The monoisotopic (exact) mass is 368 g/mol. The number of carboxylic acids is 1. The summed E-state index contributed by atoms with van der Waals surface area (Å²) in [6.07, 6.45) is 20.2. The van der Waals surface area contributed by atoms with Crippen LogP contribution in [-0.4, -0.2) is 50.7 Å². The summed E-state index contributed by atoms with van der Waals surface area (Å²) < 4.78 is 12.0. The summed E-state index contributed by atoms with van der Waals surface area (Å²) in [6.45, 7) is 2.27. The van der Waals surface area contributed by atoms with Crippen LogP contribution in [0.2, 0.25) is 0 Å². The van der Waals surface area contributed by atoms with Crippen LogP contribution in [0.3, 0.4) is 0 Å². The van der Waals surface area contributed by atoms with Crippen LogP contribution in [0.5, 0.6) is 0 Å².